The Labute approximate surface area is 142 Å². The summed E-state index contributed by atoms with van der Waals surface area (Å²) in [5.41, 5.74) is 3.05. The number of nitrogens with one attached hydrogen (secondary N) is 1. The van der Waals surface area contributed by atoms with Gasteiger partial charge in [-0.3, -0.25) is 4.79 Å². The van der Waals surface area contributed by atoms with Gasteiger partial charge in [0, 0.05) is 30.7 Å². The highest BCUT2D eigenvalue weighted by molar-refractivity contribution is 6.06. The Morgan fingerprint density at radius 3 is 3.00 bits per heavy atom. The average molecular weight is 339 g/mol. The van der Waals surface area contributed by atoms with E-state index in [1.807, 2.05) is 0 Å². The number of nitrogens with zero attached hydrogens (tertiary/aromatic N) is 2. The molecule has 1 atom stereocenters. The SMILES string of the molecule is Cc1nc2ccc(NC(=O)[C@@H]3CC(c4cccc(F)c4)=NO3)cc2o1. The highest BCUT2D eigenvalue weighted by Crippen LogP contribution is 2.22. The predicted octanol–water partition coefficient (Wildman–Crippen LogP) is 3.41. The Kier molecular flexibility index (Phi) is 3.68. The van der Waals surface area contributed by atoms with Gasteiger partial charge in [0.25, 0.3) is 5.91 Å². The molecule has 0 bridgehead atoms. The Hall–Kier alpha value is -3.22. The Balaban J connectivity index is 1.45. The van der Waals surface area contributed by atoms with Crippen molar-refractivity contribution in [2.75, 3.05) is 5.32 Å². The zero-order valence-electron chi connectivity index (χ0n) is 13.3. The minimum atomic E-state index is -0.759. The van der Waals surface area contributed by atoms with Crippen LogP contribution in [0.4, 0.5) is 10.1 Å². The van der Waals surface area contributed by atoms with Crippen molar-refractivity contribution in [1.82, 2.24) is 4.98 Å². The summed E-state index contributed by atoms with van der Waals surface area (Å²) in [6, 6.07) is 11.3. The van der Waals surface area contributed by atoms with Crippen LogP contribution in [0.25, 0.3) is 11.1 Å². The quantitative estimate of drug-likeness (QED) is 0.793. The highest BCUT2D eigenvalue weighted by atomic mass is 19.1. The lowest BCUT2D eigenvalue weighted by Crippen LogP contribution is -2.28. The van der Waals surface area contributed by atoms with Crippen LogP contribution in [0.1, 0.15) is 17.9 Å². The van der Waals surface area contributed by atoms with Gasteiger partial charge < -0.3 is 14.6 Å². The summed E-state index contributed by atoms with van der Waals surface area (Å²) in [5.74, 6) is -0.125. The van der Waals surface area contributed by atoms with Gasteiger partial charge in [0.1, 0.15) is 11.3 Å². The van der Waals surface area contributed by atoms with Gasteiger partial charge >= 0.3 is 0 Å². The lowest BCUT2D eigenvalue weighted by molar-refractivity contribution is -0.125. The smallest absolute Gasteiger partial charge is 0.268 e. The molecule has 1 aliphatic rings. The number of fused-ring (bicyclic) bond motifs is 1. The lowest BCUT2D eigenvalue weighted by atomic mass is 10.0. The number of aromatic nitrogens is 1. The molecule has 0 aliphatic carbocycles. The molecular formula is C18H14FN3O3. The fraction of sp³-hybridized carbons (Fsp3) is 0.167. The van der Waals surface area contributed by atoms with Crippen LogP contribution < -0.4 is 5.32 Å². The van der Waals surface area contributed by atoms with Crippen LogP contribution in [0.15, 0.2) is 52.0 Å². The second-order valence-corrected chi connectivity index (χ2v) is 5.75. The van der Waals surface area contributed by atoms with Gasteiger partial charge in [0.05, 0.1) is 5.71 Å². The minimum Gasteiger partial charge on any atom is -0.441 e. The molecule has 1 aliphatic heterocycles. The van der Waals surface area contributed by atoms with E-state index in [1.165, 1.54) is 12.1 Å². The van der Waals surface area contributed by atoms with E-state index >= 15 is 0 Å². The zero-order valence-corrected chi connectivity index (χ0v) is 13.3. The van der Waals surface area contributed by atoms with Crippen LogP contribution in [0.3, 0.4) is 0 Å². The topological polar surface area (TPSA) is 76.7 Å². The molecule has 4 rings (SSSR count). The van der Waals surface area contributed by atoms with Crippen LogP contribution in [0.2, 0.25) is 0 Å². The molecular weight excluding hydrogens is 325 g/mol. The molecule has 3 aromatic rings. The summed E-state index contributed by atoms with van der Waals surface area (Å²) in [6.45, 7) is 1.76. The predicted molar refractivity (Wildman–Crippen MR) is 89.8 cm³/mol. The molecule has 1 aromatic heterocycles. The Morgan fingerprint density at radius 2 is 2.16 bits per heavy atom. The van der Waals surface area contributed by atoms with Crippen LogP contribution in [0, 0.1) is 12.7 Å². The largest absolute Gasteiger partial charge is 0.441 e. The summed E-state index contributed by atoms with van der Waals surface area (Å²) < 4.78 is 18.8. The summed E-state index contributed by atoms with van der Waals surface area (Å²) in [6.07, 6.45) is -0.482. The second-order valence-electron chi connectivity index (χ2n) is 5.75. The number of amides is 1. The third-order valence-electron chi connectivity index (χ3n) is 3.88. The first-order valence-corrected chi connectivity index (χ1v) is 7.75. The fourth-order valence-electron chi connectivity index (χ4n) is 2.70. The van der Waals surface area contributed by atoms with Gasteiger partial charge in [-0.25, -0.2) is 9.37 Å². The molecule has 2 heterocycles. The van der Waals surface area contributed by atoms with Crippen molar-refractivity contribution in [3.8, 4) is 0 Å². The van der Waals surface area contributed by atoms with E-state index in [0.29, 0.717) is 28.4 Å². The fourth-order valence-corrected chi connectivity index (χ4v) is 2.70. The lowest BCUT2D eigenvalue weighted by Gasteiger charge is -2.09. The first kappa shape index (κ1) is 15.3. The third-order valence-corrected chi connectivity index (χ3v) is 3.88. The molecule has 126 valence electrons. The number of aryl methyl sites for hydroxylation is 1. The molecule has 0 radical (unpaired) electrons. The number of halogens is 1. The van der Waals surface area contributed by atoms with E-state index in [4.69, 9.17) is 9.25 Å². The summed E-state index contributed by atoms with van der Waals surface area (Å²) in [7, 11) is 0. The van der Waals surface area contributed by atoms with Gasteiger partial charge in [0.15, 0.2) is 11.5 Å². The van der Waals surface area contributed by atoms with Crippen molar-refractivity contribution < 1.29 is 18.4 Å². The van der Waals surface area contributed by atoms with E-state index in [1.54, 1.807) is 37.3 Å². The van der Waals surface area contributed by atoms with Crippen LogP contribution in [-0.4, -0.2) is 22.7 Å². The van der Waals surface area contributed by atoms with Gasteiger partial charge in [-0.15, -0.1) is 0 Å². The number of rotatable bonds is 3. The molecule has 0 fully saturated rings. The minimum absolute atomic E-state index is 0.277. The van der Waals surface area contributed by atoms with Gasteiger partial charge in [0.2, 0.25) is 6.10 Å². The van der Waals surface area contributed by atoms with E-state index in [0.717, 1.165) is 5.52 Å². The molecule has 0 saturated carbocycles. The number of anilines is 1. The normalized spacial score (nSPS) is 16.6. The van der Waals surface area contributed by atoms with Gasteiger partial charge in [-0.1, -0.05) is 17.3 Å². The number of carbonyl (C=O) groups excluding carboxylic acids is 1. The van der Waals surface area contributed by atoms with Crippen molar-refractivity contribution in [1.29, 1.82) is 0 Å². The maximum Gasteiger partial charge on any atom is 0.268 e. The van der Waals surface area contributed by atoms with Crippen LogP contribution in [-0.2, 0) is 9.63 Å². The molecule has 0 spiro atoms. The first-order valence-electron chi connectivity index (χ1n) is 7.75. The average Bonchev–Trinajstić information content (AvgIpc) is 3.20. The van der Waals surface area contributed by atoms with Crippen molar-refractivity contribution in [3.05, 3.63) is 59.7 Å². The molecule has 7 heteroatoms. The Bertz CT molecular complexity index is 996. The number of oxazole rings is 1. The second kappa shape index (κ2) is 6.01. The van der Waals surface area contributed by atoms with Crippen molar-refractivity contribution in [2.45, 2.75) is 19.4 Å². The van der Waals surface area contributed by atoms with Gasteiger partial charge in [-0.05, 0) is 24.3 Å². The number of benzene rings is 2. The van der Waals surface area contributed by atoms with E-state index in [-0.39, 0.29) is 18.1 Å². The molecule has 1 N–H and O–H groups in total. The maximum atomic E-state index is 13.3. The van der Waals surface area contributed by atoms with Crippen molar-refractivity contribution in [3.63, 3.8) is 0 Å². The summed E-state index contributed by atoms with van der Waals surface area (Å²) >= 11 is 0. The van der Waals surface area contributed by atoms with E-state index in [2.05, 4.69) is 15.5 Å². The molecule has 0 saturated heterocycles. The third kappa shape index (κ3) is 3.08. The highest BCUT2D eigenvalue weighted by Gasteiger charge is 2.29. The zero-order chi connectivity index (χ0) is 17.4. The number of oxime groups is 1. The number of hydrogen-bond donors (Lipinski definition) is 1. The Morgan fingerprint density at radius 1 is 1.28 bits per heavy atom. The molecule has 0 unspecified atom stereocenters. The molecule has 2 aromatic carbocycles. The number of hydrogen-bond acceptors (Lipinski definition) is 5. The van der Waals surface area contributed by atoms with Gasteiger partial charge in [-0.2, -0.15) is 0 Å². The van der Waals surface area contributed by atoms with E-state index < -0.39 is 6.10 Å². The molecule has 6 nitrogen and oxygen atoms in total. The van der Waals surface area contributed by atoms with Crippen LogP contribution in [0.5, 0.6) is 0 Å². The summed E-state index contributed by atoms with van der Waals surface area (Å²) in [4.78, 5) is 21.8. The van der Waals surface area contributed by atoms with Crippen LogP contribution >= 0.6 is 0 Å². The van der Waals surface area contributed by atoms with Crippen molar-refractivity contribution in [2.24, 2.45) is 5.16 Å². The molecule has 25 heavy (non-hydrogen) atoms. The number of carbonyl (C=O) groups is 1. The monoisotopic (exact) mass is 339 g/mol. The standard InChI is InChI=1S/C18H14FN3O3/c1-10-20-14-6-5-13(8-16(14)24-10)21-18(23)17-9-15(22-25-17)11-3-2-4-12(19)7-11/h2-8,17H,9H2,1H3,(H,21,23)/t17-/m0/s1. The molecule has 1 amide bonds. The maximum absolute atomic E-state index is 13.3. The first-order chi connectivity index (χ1) is 12.1. The van der Waals surface area contributed by atoms with E-state index in [9.17, 15) is 9.18 Å². The van der Waals surface area contributed by atoms with Crippen molar-refractivity contribution >= 4 is 28.4 Å². The summed E-state index contributed by atoms with van der Waals surface area (Å²) in [5, 5.41) is 6.67.